The molecule has 0 aromatic heterocycles. The summed E-state index contributed by atoms with van der Waals surface area (Å²) in [6, 6.07) is 11.7. The van der Waals surface area contributed by atoms with Gasteiger partial charge in [-0.05, 0) is 24.3 Å². The molecule has 21 heavy (non-hydrogen) atoms. The van der Waals surface area contributed by atoms with E-state index in [0.29, 0.717) is 21.4 Å². The fraction of sp³-hybridized carbons (Fsp3) is 0.143. The highest BCUT2D eigenvalue weighted by atomic mass is 79.9. The van der Waals surface area contributed by atoms with Crippen molar-refractivity contribution in [2.75, 3.05) is 16.3 Å². The molecule has 0 heterocycles. The summed E-state index contributed by atoms with van der Waals surface area (Å²) in [6.45, 7) is 0.252. The largest absolute Gasteiger partial charge is 0.379 e. The van der Waals surface area contributed by atoms with Crippen molar-refractivity contribution < 1.29 is 12.8 Å². The van der Waals surface area contributed by atoms with Gasteiger partial charge in [0, 0.05) is 16.6 Å². The molecule has 0 aliphatic heterocycles. The maximum absolute atomic E-state index is 13.7. The maximum atomic E-state index is 13.7. The smallest absolute Gasteiger partial charge is 0.229 e. The SMILES string of the molecule is CS(=O)(=O)Nc1ccccc1NCc1ccc(Br)cc1F. The van der Waals surface area contributed by atoms with Crippen molar-refractivity contribution in [1.29, 1.82) is 0 Å². The fourth-order valence-electron chi connectivity index (χ4n) is 1.78. The summed E-state index contributed by atoms with van der Waals surface area (Å²) in [5.41, 5.74) is 1.51. The highest BCUT2D eigenvalue weighted by Gasteiger charge is 2.08. The number of sulfonamides is 1. The first-order valence-corrected chi connectivity index (χ1v) is 8.78. The molecule has 0 unspecified atom stereocenters. The standard InChI is InChI=1S/C14H14BrFN2O2S/c1-21(19,20)18-14-5-3-2-4-13(14)17-9-10-6-7-11(15)8-12(10)16/h2-8,17-18H,9H2,1H3. The van der Waals surface area contributed by atoms with Crippen LogP contribution in [-0.4, -0.2) is 14.7 Å². The predicted octanol–water partition coefficient (Wildman–Crippen LogP) is 3.57. The zero-order valence-electron chi connectivity index (χ0n) is 11.2. The van der Waals surface area contributed by atoms with Gasteiger partial charge < -0.3 is 5.32 Å². The summed E-state index contributed by atoms with van der Waals surface area (Å²) in [7, 11) is -3.37. The molecule has 0 fully saturated rings. The Balaban J connectivity index is 2.16. The van der Waals surface area contributed by atoms with E-state index >= 15 is 0 Å². The lowest BCUT2D eigenvalue weighted by Gasteiger charge is -2.13. The van der Waals surface area contributed by atoms with E-state index in [2.05, 4.69) is 26.0 Å². The Morgan fingerprint density at radius 1 is 1.14 bits per heavy atom. The first-order chi connectivity index (χ1) is 9.85. The van der Waals surface area contributed by atoms with Crippen LogP contribution < -0.4 is 10.0 Å². The number of hydrogen-bond acceptors (Lipinski definition) is 3. The number of benzene rings is 2. The molecule has 0 saturated carbocycles. The highest BCUT2D eigenvalue weighted by Crippen LogP contribution is 2.23. The van der Waals surface area contributed by atoms with Crippen LogP contribution in [0.5, 0.6) is 0 Å². The van der Waals surface area contributed by atoms with Gasteiger partial charge in [0.1, 0.15) is 5.82 Å². The number of halogens is 2. The third kappa shape index (κ3) is 4.71. The van der Waals surface area contributed by atoms with Crippen LogP contribution in [0.2, 0.25) is 0 Å². The Bertz CT molecular complexity index is 750. The first-order valence-electron chi connectivity index (χ1n) is 6.10. The molecular formula is C14H14BrFN2O2S. The zero-order chi connectivity index (χ0) is 15.5. The average molecular weight is 373 g/mol. The van der Waals surface area contributed by atoms with Gasteiger partial charge >= 0.3 is 0 Å². The molecule has 0 spiro atoms. The van der Waals surface area contributed by atoms with Gasteiger partial charge in [0.2, 0.25) is 10.0 Å². The zero-order valence-corrected chi connectivity index (χ0v) is 13.6. The molecule has 4 nitrogen and oxygen atoms in total. The Morgan fingerprint density at radius 2 is 1.81 bits per heavy atom. The van der Waals surface area contributed by atoms with Gasteiger partial charge in [0.15, 0.2) is 0 Å². The third-order valence-electron chi connectivity index (χ3n) is 2.71. The molecular weight excluding hydrogens is 359 g/mol. The van der Waals surface area contributed by atoms with Gasteiger partial charge in [-0.3, -0.25) is 4.72 Å². The summed E-state index contributed by atoms with van der Waals surface area (Å²) < 4.78 is 39.5. The van der Waals surface area contributed by atoms with E-state index in [4.69, 9.17) is 0 Å². The molecule has 0 saturated heterocycles. The van der Waals surface area contributed by atoms with Crippen LogP contribution in [-0.2, 0) is 16.6 Å². The summed E-state index contributed by atoms with van der Waals surface area (Å²) >= 11 is 3.20. The van der Waals surface area contributed by atoms with E-state index in [-0.39, 0.29) is 12.4 Å². The molecule has 2 aromatic rings. The van der Waals surface area contributed by atoms with E-state index in [1.807, 2.05) is 0 Å². The van der Waals surface area contributed by atoms with Crippen LogP contribution >= 0.6 is 15.9 Å². The summed E-state index contributed by atoms with van der Waals surface area (Å²) in [4.78, 5) is 0. The first kappa shape index (κ1) is 15.8. The van der Waals surface area contributed by atoms with Crippen LogP contribution in [0.1, 0.15) is 5.56 Å². The molecule has 7 heteroatoms. The van der Waals surface area contributed by atoms with Crippen molar-refractivity contribution >= 4 is 37.3 Å². The number of hydrogen-bond donors (Lipinski definition) is 2. The van der Waals surface area contributed by atoms with Gasteiger partial charge in [-0.15, -0.1) is 0 Å². The van der Waals surface area contributed by atoms with Crippen LogP contribution in [0.3, 0.4) is 0 Å². The number of para-hydroxylation sites is 2. The predicted molar refractivity (Wildman–Crippen MR) is 86.3 cm³/mol. The molecule has 0 amide bonds. The molecule has 2 aromatic carbocycles. The number of anilines is 2. The average Bonchev–Trinajstić information content (AvgIpc) is 2.37. The van der Waals surface area contributed by atoms with E-state index in [1.165, 1.54) is 6.07 Å². The van der Waals surface area contributed by atoms with E-state index < -0.39 is 10.0 Å². The van der Waals surface area contributed by atoms with Gasteiger partial charge in [0.05, 0.1) is 17.6 Å². The maximum Gasteiger partial charge on any atom is 0.229 e. The van der Waals surface area contributed by atoms with Gasteiger partial charge in [-0.1, -0.05) is 34.1 Å². The fourth-order valence-corrected chi connectivity index (χ4v) is 2.69. The Morgan fingerprint density at radius 3 is 2.43 bits per heavy atom. The normalized spacial score (nSPS) is 11.2. The van der Waals surface area contributed by atoms with E-state index in [9.17, 15) is 12.8 Å². The topological polar surface area (TPSA) is 58.2 Å². The third-order valence-corrected chi connectivity index (χ3v) is 3.79. The quantitative estimate of drug-likeness (QED) is 0.843. The molecule has 0 aliphatic rings. The van der Waals surface area contributed by atoms with Crippen molar-refractivity contribution in [1.82, 2.24) is 0 Å². The second-order valence-corrected chi connectivity index (χ2v) is 7.17. The Kier molecular flexibility index (Phi) is 4.84. The second kappa shape index (κ2) is 6.44. The Hall–Kier alpha value is -1.60. The van der Waals surface area contributed by atoms with Crippen molar-refractivity contribution in [2.24, 2.45) is 0 Å². The van der Waals surface area contributed by atoms with Crippen molar-refractivity contribution in [2.45, 2.75) is 6.54 Å². The van der Waals surface area contributed by atoms with Crippen LogP contribution in [0.15, 0.2) is 46.9 Å². The number of rotatable bonds is 5. The highest BCUT2D eigenvalue weighted by molar-refractivity contribution is 9.10. The molecule has 0 radical (unpaired) electrons. The van der Waals surface area contributed by atoms with Crippen molar-refractivity contribution in [3.8, 4) is 0 Å². The van der Waals surface area contributed by atoms with Crippen LogP contribution in [0.25, 0.3) is 0 Å². The minimum absolute atomic E-state index is 0.252. The summed E-state index contributed by atoms with van der Waals surface area (Å²) in [5, 5.41) is 3.03. The molecule has 112 valence electrons. The minimum atomic E-state index is -3.37. The monoisotopic (exact) mass is 372 g/mol. The van der Waals surface area contributed by atoms with E-state index in [0.717, 1.165) is 6.26 Å². The Labute approximate surface area is 131 Å². The lowest BCUT2D eigenvalue weighted by atomic mass is 10.2. The van der Waals surface area contributed by atoms with Gasteiger partial charge in [0.25, 0.3) is 0 Å². The summed E-state index contributed by atoms with van der Waals surface area (Å²) in [6.07, 6.45) is 1.08. The van der Waals surface area contributed by atoms with Gasteiger partial charge in [-0.25, -0.2) is 12.8 Å². The van der Waals surface area contributed by atoms with E-state index in [1.54, 1.807) is 36.4 Å². The molecule has 2 rings (SSSR count). The van der Waals surface area contributed by atoms with Crippen molar-refractivity contribution in [3.05, 3.63) is 58.3 Å². The summed E-state index contributed by atoms with van der Waals surface area (Å²) in [5.74, 6) is -0.328. The van der Waals surface area contributed by atoms with Crippen molar-refractivity contribution in [3.63, 3.8) is 0 Å². The molecule has 0 aliphatic carbocycles. The van der Waals surface area contributed by atoms with Gasteiger partial charge in [-0.2, -0.15) is 0 Å². The second-order valence-electron chi connectivity index (χ2n) is 4.51. The number of nitrogens with one attached hydrogen (secondary N) is 2. The molecule has 0 atom stereocenters. The molecule has 2 N–H and O–H groups in total. The van der Waals surface area contributed by atoms with Crippen LogP contribution in [0, 0.1) is 5.82 Å². The van der Waals surface area contributed by atoms with Crippen LogP contribution in [0.4, 0.5) is 15.8 Å². The lowest BCUT2D eigenvalue weighted by molar-refractivity contribution is 0.606. The lowest BCUT2D eigenvalue weighted by Crippen LogP contribution is -2.12. The molecule has 0 bridgehead atoms. The minimum Gasteiger partial charge on any atom is -0.379 e.